The van der Waals surface area contributed by atoms with E-state index in [9.17, 15) is 23.2 Å². The molecule has 1 aliphatic rings. The number of anilines is 2. The maximum atomic E-state index is 13.0. The molecule has 260 valence electrons. The number of fused-ring (bicyclic) bond motifs is 2. The van der Waals surface area contributed by atoms with Crippen molar-refractivity contribution in [1.29, 1.82) is 5.26 Å². The summed E-state index contributed by atoms with van der Waals surface area (Å²) >= 11 is 1.06. The Balaban J connectivity index is 1.10. The van der Waals surface area contributed by atoms with Crippen LogP contribution in [0.25, 0.3) is 21.1 Å². The summed E-state index contributed by atoms with van der Waals surface area (Å²) in [5.74, 6) is 0.865. The molecular weight excluding hydrogens is 664 g/mol. The second-order valence-electron chi connectivity index (χ2n) is 12.4. The fourth-order valence-corrected chi connectivity index (χ4v) is 7.55. The molecule has 0 bridgehead atoms. The first-order valence-corrected chi connectivity index (χ1v) is 17.4. The van der Waals surface area contributed by atoms with Crippen LogP contribution < -0.4 is 15.4 Å². The highest BCUT2D eigenvalue weighted by Crippen LogP contribution is 2.34. The van der Waals surface area contributed by atoms with E-state index in [0.717, 1.165) is 65.8 Å². The second-order valence-corrected chi connectivity index (χ2v) is 13.5. The first-order chi connectivity index (χ1) is 24.0. The van der Waals surface area contributed by atoms with Crippen LogP contribution in [-0.4, -0.2) is 57.3 Å². The highest BCUT2D eigenvalue weighted by Gasteiger charge is 2.29. The van der Waals surface area contributed by atoms with Crippen LogP contribution in [0.15, 0.2) is 61.4 Å². The summed E-state index contributed by atoms with van der Waals surface area (Å²) < 4.78 is 46.7. The number of nitrogens with zero attached hydrogens (tertiary/aromatic N) is 5. The molecule has 4 heterocycles. The Morgan fingerprint density at radius 3 is 2.68 bits per heavy atom. The number of ether oxygens (including phenoxy) is 1. The molecule has 2 aromatic carbocycles. The van der Waals surface area contributed by atoms with Crippen molar-refractivity contribution < 1.29 is 22.7 Å². The van der Waals surface area contributed by atoms with Crippen LogP contribution in [0.4, 0.5) is 24.7 Å². The molecule has 1 amide bonds. The van der Waals surface area contributed by atoms with Crippen molar-refractivity contribution in [3.8, 4) is 11.8 Å². The zero-order chi connectivity index (χ0) is 35.4. The van der Waals surface area contributed by atoms with Gasteiger partial charge in [0.15, 0.2) is 0 Å². The molecule has 2 N–H and O–H groups in total. The number of amides is 1. The third-order valence-corrected chi connectivity index (χ3v) is 10.1. The van der Waals surface area contributed by atoms with Crippen LogP contribution in [-0.2, 0) is 30.7 Å². The summed E-state index contributed by atoms with van der Waals surface area (Å²) in [4.78, 5) is 23.6. The molecule has 0 unspecified atom stereocenters. The molecule has 0 saturated carbocycles. The largest absolute Gasteiger partial charge is 0.492 e. The minimum Gasteiger partial charge on any atom is -0.492 e. The molecule has 1 fully saturated rings. The summed E-state index contributed by atoms with van der Waals surface area (Å²) in [6.45, 7) is 11.1. The number of likely N-dealkylation sites (tertiary alicyclic amines) is 1. The van der Waals surface area contributed by atoms with E-state index in [1.165, 1.54) is 18.0 Å². The van der Waals surface area contributed by atoms with E-state index in [4.69, 9.17) is 4.74 Å². The molecule has 13 heteroatoms. The van der Waals surface area contributed by atoms with E-state index in [1.807, 2.05) is 31.2 Å². The van der Waals surface area contributed by atoms with E-state index >= 15 is 0 Å². The summed E-state index contributed by atoms with van der Waals surface area (Å²) in [6.07, 6.45) is -0.213. The number of hydrogen-bond donors (Lipinski definition) is 2. The molecule has 0 radical (unpaired) electrons. The van der Waals surface area contributed by atoms with Gasteiger partial charge in [-0.05, 0) is 86.2 Å². The number of carbonyl (C=O) groups is 1. The summed E-state index contributed by atoms with van der Waals surface area (Å²) in [6, 6.07) is 16.0. The lowest BCUT2D eigenvalue weighted by molar-refractivity contribution is -0.126. The lowest BCUT2D eigenvalue weighted by Crippen LogP contribution is -2.39. The number of nitriles is 1. The number of nitrogens with one attached hydrogen (secondary N) is 2. The molecule has 0 aliphatic carbocycles. The van der Waals surface area contributed by atoms with Gasteiger partial charge in [0, 0.05) is 48.0 Å². The Bertz CT molecular complexity index is 2070. The number of rotatable bonds is 12. The van der Waals surface area contributed by atoms with E-state index in [2.05, 4.69) is 61.8 Å². The fourth-order valence-electron chi connectivity index (χ4n) is 6.53. The quantitative estimate of drug-likeness (QED) is 0.128. The van der Waals surface area contributed by atoms with Gasteiger partial charge in [-0.25, -0.2) is 9.97 Å². The minimum atomic E-state index is -4.27. The van der Waals surface area contributed by atoms with E-state index < -0.39 is 12.6 Å². The maximum Gasteiger partial charge on any atom is 0.393 e. The topological polar surface area (TPSA) is 108 Å². The molecule has 6 rings (SSSR count). The summed E-state index contributed by atoms with van der Waals surface area (Å²) in [7, 11) is 0. The van der Waals surface area contributed by atoms with Crippen molar-refractivity contribution in [3.63, 3.8) is 0 Å². The summed E-state index contributed by atoms with van der Waals surface area (Å²) in [5.41, 5.74) is 5.56. The molecule has 3 aromatic heterocycles. The highest BCUT2D eigenvalue weighted by molar-refractivity contribution is 7.18. The average molecular weight is 702 g/mol. The Kier molecular flexibility index (Phi) is 10.4. The average Bonchev–Trinajstić information content (AvgIpc) is 3.67. The van der Waals surface area contributed by atoms with Crippen molar-refractivity contribution >= 4 is 49.9 Å². The van der Waals surface area contributed by atoms with E-state index in [0.29, 0.717) is 52.7 Å². The number of halogens is 3. The molecule has 5 aromatic rings. The third-order valence-electron chi connectivity index (χ3n) is 9.07. The van der Waals surface area contributed by atoms with Gasteiger partial charge in [-0.2, -0.15) is 18.4 Å². The van der Waals surface area contributed by atoms with Crippen molar-refractivity contribution in [2.24, 2.45) is 0 Å². The highest BCUT2D eigenvalue weighted by atomic mass is 32.1. The number of aromatic nitrogens is 3. The van der Waals surface area contributed by atoms with Gasteiger partial charge in [0.05, 0.1) is 24.1 Å². The van der Waals surface area contributed by atoms with Crippen molar-refractivity contribution in [2.45, 2.75) is 64.8 Å². The van der Waals surface area contributed by atoms with E-state index in [1.54, 1.807) is 6.07 Å². The van der Waals surface area contributed by atoms with Crippen LogP contribution in [0.2, 0.25) is 0 Å². The Hall–Kier alpha value is -4.93. The molecule has 0 spiro atoms. The monoisotopic (exact) mass is 701 g/mol. The SMILES string of the molecule is C=CC(=O)Nc1ccc(CCn2c(C#N)cc3c(C)c(CN4CCC(Nc5ncnc6sc(CC(F)(F)F)cc56)CC4)ccc32)cc1OCC. The smallest absolute Gasteiger partial charge is 0.393 e. The molecule has 1 saturated heterocycles. The van der Waals surface area contributed by atoms with Gasteiger partial charge in [-0.1, -0.05) is 18.7 Å². The number of carbonyl (C=O) groups excluding carboxylic acids is 1. The number of piperidine rings is 1. The molecular formula is C37H38F3N7O2S. The first-order valence-electron chi connectivity index (χ1n) is 16.5. The number of hydrogen-bond acceptors (Lipinski definition) is 8. The Labute approximate surface area is 292 Å². The number of alkyl halides is 3. The molecule has 1 aliphatic heterocycles. The van der Waals surface area contributed by atoms with Gasteiger partial charge in [0.1, 0.15) is 34.5 Å². The van der Waals surface area contributed by atoms with Gasteiger partial charge in [0.2, 0.25) is 5.91 Å². The van der Waals surface area contributed by atoms with Crippen LogP contribution in [0.3, 0.4) is 0 Å². The first kappa shape index (κ1) is 34.9. The zero-order valence-corrected chi connectivity index (χ0v) is 28.8. The van der Waals surface area contributed by atoms with Gasteiger partial charge < -0.3 is 19.9 Å². The third kappa shape index (κ3) is 7.93. The van der Waals surface area contributed by atoms with Crippen molar-refractivity contribution in [1.82, 2.24) is 19.4 Å². The zero-order valence-electron chi connectivity index (χ0n) is 27.9. The van der Waals surface area contributed by atoms with Gasteiger partial charge in [-0.3, -0.25) is 9.69 Å². The molecule has 0 atom stereocenters. The summed E-state index contributed by atoms with van der Waals surface area (Å²) in [5, 5.41) is 18.0. The van der Waals surface area contributed by atoms with Gasteiger partial charge in [-0.15, -0.1) is 11.3 Å². The number of aryl methyl sites for hydroxylation is 3. The lowest BCUT2D eigenvalue weighted by atomic mass is 10.0. The number of thiophene rings is 1. The Morgan fingerprint density at radius 2 is 1.96 bits per heavy atom. The predicted octanol–water partition coefficient (Wildman–Crippen LogP) is 7.77. The molecule has 50 heavy (non-hydrogen) atoms. The van der Waals surface area contributed by atoms with Crippen LogP contribution in [0, 0.1) is 18.3 Å². The minimum absolute atomic E-state index is 0.151. The van der Waals surface area contributed by atoms with Crippen LogP contribution >= 0.6 is 11.3 Å². The van der Waals surface area contributed by atoms with Crippen molar-refractivity contribution in [2.75, 3.05) is 30.3 Å². The van der Waals surface area contributed by atoms with Crippen molar-refractivity contribution in [3.05, 3.63) is 88.7 Å². The van der Waals surface area contributed by atoms with Gasteiger partial charge in [0.25, 0.3) is 0 Å². The lowest BCUT2D eigenvalue weighted by Gasteiger charge is -2.33. The van der Waals surface area contributed by atoms with E-state index in [-0.39, 0.29) is 16.8 Å². The Morgan fingerprint density at radius 1 is 1.16 bits per heavy atom. The van der Waals surface area contributed by atoms with Crippen LogP contribution in [0.5, 0.6) is 5.75 Å². The van der Waals surface area contributed by atoms with Crippen LogP contribution in [0.1, 0.15) is 47.0 Å². The molecule has 9 nitrogen and oxygen atoms in total. The maximum absolute atomic E-state index is 13.0. The fraction of sp³-hybridized carbons (Fsp3) is 0.351. The normalized spacial score (nSPS) is 14.2. The van der Waals surface area contributed by atoms with Gasteiger partial charge >= 0.3 is 6.18 Å². The number of benzene rings is 2. The standard InChI is InChI=1S/C37H38F3N7O2S/c1-4-34(48)45-31-8-6-24(16-33(31)49-5-2)10-15-47-27(20-41)17-29-23(3)25(7-9-32(29)47)21-46-13-11-26(12-14-46)44-35-30-18-28(19-37(38,39)40)50-36(30)43-22-42-35/h4,6-9,16-18,22,26H,1,5,10-15,19,21H2,2-3H3,(H,45,48)(H,42,43,44). The predicted molar refractivity (Wildman–Crippen MR) is 191 cm³/mol. The second kappa shape index (κ2) is 14.9.